The smallest absolute Gasteiger partial charge is 0.272 e. The molecule has 2 aromatic heterocycles. The lowest BCUT2D eigenvalue weighted by Crippen LogP contribution is -2.31. The molecule has 0 bridgehead atoms. The molecular weight excluding hydrogens is 420 g/mol. The highest BCUT2D eigenvalue weighted by atomic mass is 16.2. The second-order valence-corrected chi connectivity index (χ2v) is 8.55. The summed E-state index contributed by atoms with van der Waals surface area (Å²) in [5, 5.41) is 5.44. The SMILES string of the molecule is Cc1cc(C(=O)N(Cc2ccc(-c3ccccc3)cc2)Cc2cnc3ccccc3c2)n(C)n1. The first-order valence-electron chi connectivity index (χ1n) is 11.3. The van der Waals surface area contributed by atoms with Crippen molar-refractivity contribution in [2.24, 2.45) is 7.05 Å². The molecule has 34 heavy (non-hydrogen) atoms. The van der Waals surface area contributed by atoms with Gasteiger partial charge in [-0.25, -0.2) is 0 Å². The van der Waals surface area contributed by atoms with Crippen molar-refractivity contribution in [1.29, 1.82) is 0 Å². The minimum Gasteiger partial charge on any atom is -0.329 e. The fourth-order valence-corrected chi connectivity index (χ4v) is 4.25. The van der Waals surface area contributed by atoms with Crippen molar-refractivity contribution in [2.45, 2.75) is 20.0 Å². The third kappa shape index (κ3) is 4.59. The number of para-hydroxylation sites is 1. The summed E-state index contributed by atoms with van der Waals surface area (Å²) in [6, 6.07) is 30.7. The molecule has 2 heterocycles. The summed E-state index contributed by atoms with van der Waals surface area (Å²) in [4.78, 5) is 20.0. The summed E-state index contributed by atoms with van der Waals surface area (Å²) < 4.78 is 1.65. The normalized spacial score (nSPS) is 11.0. The van der Waals surface area contributed by atoms with Crippen LogP contribution in [0.5, 0.6) is 0 Å². The van der Waals surface area contributed by atoms with Gasteiger partial charge in [0.2, 0.25) is 0 Å². The third-order valence-electron chi connectivity index (χ3n) is 5.96. The summed E-state index contributed by atoms with van der Waals surface area (Å²) in [6.07, 6.45) is 1.86. The average Bonchev–Trinajstić information content (AvgIpc) is 3.21. The van der Waals surface area contributed by atoms with Gasteiger partial charge in [0.05, 0.1) is 11.2 Å². The fraction of sp³-hybridized carbons (Fsp3) is 0.138. The molecule has 0 spiro atoms. The first kappa shape index (κ1) is 21.6. The quantitative estimate of drug-likeness (QED) is 0.332. The van der Waals surface area contributed by atoms with Crippen LogP contribution in [0.25, 0.3) is 22.0 Å². The van der Waals surface area contributed by atoms with Crippen molar-refractivity contribution in [3.05, 3.63) is 120 Å². The van der Waals surface area contributed by atoms with Crippen LogP contribution in [0.3, 0.4) is 0 Å². The highest BCUT2D eigenvalue weighted by molar-refractivity contribution is 5.92. The molecule has 0 saturated carbocycles. The van der Waals surface area contributed by atoms with E-state index in [2.05, 4.69) is 52.5 Å². The van der Waals surface area contributed by atoms with Crippen LogP contribution >= 0.6 is 0 Å². The van der Waals surface area contributed by atoms with Crippen LogP contribution in [0, 0.1) is 6.92 Å². The largest absolute Gasteiger partial charge is 0.329 e. The minimum absolute atomic E-state index is 0.0524. The molecule has 1 amide bonds. The Morgan fingerprint density at radius 1 is 0.824 bits per heavy atom. The number of fused-ring (bicyclic) bond motifs is 1. The number of hydrogen-bond donors (Lipinski definition) is 0. The lowest BCUT2D eigenvalue weighted by molar-refractivity contribution is 0.0718. The number of nitrogens with zero attached hydrogens (tertiary/aromatic N) is 4. The molecule has 0 aliphatic heterocycles. The number of hydrogen-bond acceptors (Lipinski definition) is 3. The van der Waals surface area contributed by atoms with Crippen molar-refractivity contribution in [3.8, 4) is 11.1 Å². The van der Waals surface area contributed by atoms with Gasteiger partial charge in [0.25, 0.3) is 5.91 Å². The molecule has 0 unspecified atom stereocenters. The van der Waals surface area contributed by atoms with Gasteiger partial charge in [-0.2, -0.15) is 5.10 Å². The molecular formula is C29H26N4O. The number of rotatable bonds is 6. The molecule has 168 valence electrons. The van der Waals surface area contributed by atoms with Gasteiger partial charge in [-0.3, -0.25) is 14.5 Å². The van der Waals surface area contributed by atoms with Gasteiger partial charge >= 0.3 is 0 Å². The number of carbonyl (C=O) groups excluding carboxylic acids is 1. The van der Waals surface area contributed by atoms with E-state index in [4.69, 9.17) is 0 Å². The van der Waals surface area contributed by atoms with Crippen LogP contribution in [0.1, 0.15) is 27.3 Å². The van der Waals surface area contributed by atoms with Gasteiger partial charge in [-0.05, 0) is 47.4 Å². The van der Waals surface area contributed by atoms with Crippen molar-refractivity contribution in [3.63, 3.8) is 0 Å². The zero-order valence-electron chi connectivity index (χ0n) is 19.3. The monoisotopic (exact) mass is 446 g/mol. The number of carbonyl (C=O) groups is 1. The Kier molecular flexibility index (Phi) is 5.91. The first-order valence-corrected chi connectivity index (χ1v) is 11.3. The second kappa shape index (κ2) is 9.32. The average molecular weight is 447 g/mol. The van der Waals surface area contributed by atoms with Crippen LogP contribution < -0.4 is 0 Å². The first-order chi connectivity index (χ1) is 16.6. The van der Waals surface area contributed by atoms with Crippen LogP contribution in [-0.4, -0.2) is 25.6 Å². The van der Waals surface area contributed by atoms with E-state index in [0.29, 0.717) is 18.8 Å². The number of pyridine rings is 1. The van der Waals surface area contributed by atoms with E-state index in [9.17, 15) is 4.79 Å². The highest BCUT2D eigenvalue weighted by Crippen LogP contribution is 2.22. The van der Waals surface area contributed by atoms with Gasteiger partial charge in [0, 0.05) is 31.7 Å². The van der Waals surface area contributed by atoms with E-state index < -0.39 is 0 Å². The molecule has 5 heteroatoms. The Morgan fingerprint density at radius 3 is 2.24 bits per heavy atom. The lowest BCUT2D eigenvalue weighted by Gasteiger charge is -2.23. The number of amides is 1. The van der Waals surface area contributed by atoms with E-state index in [1.165, 1.54) is 5.56 Å². The van der Waals surface area contributed by atoms with Crippen molar-refractivity contribution in [1.82, 2.24) is 19.7 Å². The van der Waals surface area contributed by atoms with Crippen molar-refractivity contribution >= 4 is 16.8 Å². The molecule has 0 saturated heterocycles. The highest BCUT2D eigenvalue weighted by Gasteiger charge is 2.21. The zero-order valence-corrected chi connectivity index (χ0v) is 19.3. The molecule has 0 radical (unpaired) electrons. The number of benzene rings is 3. The maximum atomic E-state index is 13.6. The second-order valence-electron chi connectivity index (χ2n) is 8.55. The van der Waals surface area contributed by atoms with E-state index in [-0.39, 0.29) is 5.91 Å². The molecule has 5 rings (SSSR count). The summed E-state index contributed by atoms with van der Waals surface area (Å²) in [7, 11) is 1.81. The molecule has 0 aliphatic carbocycles. The molecule has 0 aliphatic rings. The molecule has 3 aromatic carbocycles. The summed E-state index contributed by atoms with van der Waals surface area (Å²) >= 11 is 0. The summed E-state index contributed by atoms with van der Waals surface area (Å²) in [5.74, 6) is -0.0524. The van der Waals surface area contributed by atoms with Gasteiger partial charge in [-0.1, -0.05) is 72.8 Å². The minimum atomic E-state index is -0.0524. The zero-order chi connectivity index (χ0) is 23.5. The Bertz CT molecular complexity index is 1440. The molecule has 5 aromatic rings. The van der Waals surface area contributed by atoms with Crippen molar-refractivity contribution in [2.75, 3.05) is 0 Å². The van der Waals surface area contributed by atoms with E-state index in [1.807, 2.05) is 73.6 Å². The fourth-order valence-electron chi connectivity index (χ4n) is 4.25. The summed E-state index contributed by atoms with van der Waals surface area (Å²) in [6.45, 7) is 2.85. The lowest BCUT2D eigenvalue weighted by atomic mass is 10.0. The predicted molar refractivity (Wildman–Crippen MR) is 135 cm³/mol. The summed E-state index contributed by atoms with van der Waals surface area (Å²) in [5.41, 5.74) is 6.74. The third-order valence-corrected chi connectivity index (χ3v) is 5.96. The Morgan fingerprint density at radius 2 is 1.50 bits per heavy atom. The maximum Gasteiger partial charge on any atom is 0.272 e. The standard InChI is InChI=1S/C29H26N4O/c1-21-16-28(32(2)31-21)29(34)33(20-23-17-26-10-6-7-11-27(26)30-18-23)19-22-12-14-25(15-13-22)24-8-4-3-5-9-24/h3-18H,19-20H2,1-2H3. The van der Waals surface area contributed by atoms with Crippen molar-refractivity contribution < 1.29 is 4.79 Å². The molecule has 0 N–H and O–H groups in total. The Hall–Kier alpha value is -4.25. The molecule has 0 fully saturated rings. The Balaban J connectivity index is 1.44. The van der Waals surface area contributed by atoms with Gasteiger partial charge in [-0.15, -0.1) is 0 Å². The van der Waals surface area contributed by atoms with Crippen LogP contribution in [0.4, 0.5) is 0 Å². The maximum absolute atomic E-state index is 13.6. The van der Waals surface area contributed by atoms with Gasteiger partial charge in [0.1, 0.15) is 5.69 Å². The van der Waals surface area contributed by atoms with E-state index in [1.54, 1.807) is 4.68 Å². The van der Waals surface area contributed by atoms with Crippen LogP contribution in [0.15, 0.2) is 97.2 Å². The van der Waals surface area contributed by atoms with Crippen LogP contribution in [0.2, 0.25) is 0 Å². The van der Waals surface area contributed by atoms with E-state index in [0.717, 1.165) is 33.3 Å². The van der Waals surface area contributed by atoms with Gasteiger partial charge < -0.3 is 4.90 Å². The van der Waals surface area contributed by atoms with E-state index >= 15 is 0 Å². The van der Waals surface area contributed by atoms with Gasteiger partial charge in [0.15, 0.2) is 0 Å². The van der Waals surface area contributed by atoms with Crippen LogP contribution in [-0.2, 0) is 20.1 Å². The topological polar surface area (TPSA) is 51.0 Å². The Labute approximate surface area is 199 Å². The molecule has 5 nitrogen and oxygen atoms in total. The number of aryl methyl sites for hydroxylation is 2. The number of aromatic nitrogens is 3. The molecule has 0 atom stereocenters. The predicted octanol–water partition coefficient (Wildman–Crippen LogP) is 5.79.